The molecule has 2 aliphatic heterocycles. The maximum atomic E-state index is 12.9. The van der Waals surface area contributed by atoms with Crippen molar-refractivity contribution in [3.63, 3.8) is 0 Å². The minimum atomic E-state index is 0.228. The monoisotopic (exact) mass is 342 g/mol. The lowest BCUT2D eigenvalue weighted by Crippen LogP contribution is -2.43. The molecule has 0 bridgehead atoms. The van der Waals surface area contributed by atoms with E-state index in [4.69, 9.17) is 0 Å². The van der Waals surface area contributed by atoms with Crippen molar-refractivity contribution in [2.45, 2.75) is 63.3 Å². The van der Waals surface area contributed by atoms with E-state index in [1.165, 1.54) is 32.1 Å². The van der Waals surface area contributed by atoms with Crippen molar-refractivity contribution in [2.24, 2.45) is 5.92 Å². The lowest BCUT2D eigenvalue weighted by Gasteiger charge is -2.34. The van der Waals surface area contributed by atoms with Crippen LogP contribution in [0.4, 0.5) is 0 Å². The first-order valence-electron chi connectivity index (χ1n) is 10.1. The highest BCUT2D eigenvalue weighted by atomic mass is 16.2. The quantitative estimate of drug-likeness (QED) is 0.847. The van der Waals surface area contributed by atoms with Crippen molar-refractivity contribution in [1.29, 1.82) is 0 Å². The number of hydrogen-bond acceptors (Lipinski definition) is 4. The molecule has 3 heterocycles. The third kappa shape index (κ3) is 3.86. The fraction of sp³-hybridized carbons (Fsp3) is 0.750. The van der Waals surface area contributed by atoms with Gasteiger partial charge in [0.25, 0.3) is 0 Å². The van der Waals surface area contributed by atoms with Crippen LogP contribution >= 0.6 is 0 Å². The summed E-state index contributed by atoms with van der Waals surface area (Å²) in [5, 5.41) is 0. The van der Waals surface area contributed by atoms with Crippen molar-refractivity contribution in [1.82, 2.24) is 19.8 Å². The molecule has 1 amide bonds. The Morgan fingerprint density at radius 2 is 1.64 bits per heavy atom. The Bertz CT molecular complexity index is 564. The van der Waals surface area contributed by atoms with Gasteiger partial charge in [-0.15, -0.1) is 0 Å². The number of carbonyl (C=O) groups is 1. The molecule has 5 heteroatoms. The second-order valence-electron chi connectivity index (χ2n) is 7.98. The number of aromatic nitrogens is 2. The van der Waals surface area contributed by atoms with Crippen molar-refractivity contribution in [3.05, 3.63) is 24.3 Å². The molecule has 5 nitrogen and oxygen atoms in total. The van der Waals surface area contributed by atoms with Crippen LogP contribution in [0, 0.1) is 5.92 Å². The van der Waals surface area contributed by atoms with Crippen molar-refractivity contribution < 1.29 is 4.79 Å². The molecular formula is C20H30N4O. The van der Waals surface area contributed by atoms with Gasteiger partial charge in [-0.05, 0) is 44.7 Å². The fourth-order valence-corrected chi connectivity index (χ4v) is 4.90. The number of likely N-dealkylation sites (tertiary alicyclic amines) is 2. The Kier molecular flexibility index (Phi) is 5.30. The SMILES string of the molecule is O=C(C1CCN(C2CCCCC2)C1)N1CCC(c2ncccn2)CC1. The van der Waals surface area contributed by atoms with Gasteiger partial charge in [-0.1, -0.05) is 19.3 Å². The second-order valence-corrected chi connectivity index (χ2v) is 7.98. The second kappa shape index (κ2) is 7.81. The number of piperidine rings is 1. The summed E-state index contributed by atoms with van der Waals surface area (Å²) in [6.07, 6.45) is 13.5. The zero-order valence-electron chi connectivity index (χ0n) is 15.1. The molecule has 0 aromatic carbocycles. The number of amides is 1. The highest BCUT2D eigenvalue weighted by Gasteiger charge is 2.36. The van der Waals surface area contributed by atoms with E-state index in [9.17, 15) is 4.79 Å². The van der Waals surface area contributed by atoms with E-state index in [0.29, 0.717) is 11.8 Å². The number of nitrogens with zero attached hydrogens (tertiary/aromatic N) is 4. The van der Waals surface area contributed by atoms with Gasteiger partial charge in [0, 0.05) is 44.0 Å². The molecule has 1 aromatic rings. The highest BCUT2D eigenvalue weighted by Crippen LogP contribution is 2.30. The minimum Gasteiger partial charge on any atom is -0.342 e. The van der Waals surface area contributed by atoms with Gasteiger partial charge in [-0.3, -0.25) is 9.69 Å². The van der Waals surface area contributed by atoms with Crippen LogP contribution in [-0.2, 0) is 4.79 Å². The summed E-state index contributed by atoms with van der Waals surface area (Å²) in [7, 11) is 0. The Hall–Kier alpha value is -1.49. The fourth-order valence-electron chi connectivity index (χ4n) is 4.90. The Balaban J connectivity index is 1.28. The van der Waals surface area contributed by atoms with Gasteiger partial charge in [0.1, 0.15) is 5.82 Å². The summed E-state index contributed by atoms with van der Waals surface area (Å²) < 4.78 is 0. The van der Waals surface area contributed by atoms with E-state index < -0.39 is 0 Å². The topological polar surface area (TPSA) is 49.3 Å². The molecule has 0 radical (unpaired) electrons. The van der Waals surface area contributed by atoms with Gasteiger partial charge < -0.3 is 4.90 Å². The van der Waals surface area contributed by atoms with Gasteiger partial charge in [0.05, 0.1) is 5.92 Å². The number of rotatable bonds is 3. The van der Waals surface area contributed by atoms with Crippen molar-refractivity contribution in [3.8, 4) is 0 Å². The van der Waals surface area contributed by atoms with Crippen molar-refractivity contribution >= 4 is 5.91 Å². The lowest BCUT2D eigenvalue weighted by atomic mass is 9.94. The van der Waals surface area contributed by atoms with Crippen molar-refractivity contribution in [2.75, 3.05) is 26.2 Å². The molecule has 1 aromatic heterocycles. The molecule has 1 aliphatic carbocycles. The van der Waals surface area contributed by atoms with E-state index in [1.807, 2.05) is 18.5 Å². The van der Waals surface area contributed by atoms with Gasteiger partial charge in [-0.25, -0.2) is 9.97 Å². The summed E-state index contributed by atoms with van der Waals surface area (Å²) in [5.41, 5.74) is 0. The van der Waals surface area contributed by atoms with Crippen LogP contribution in [-0.4, -0.2) is 57.9 Å². The van der Waals surface area contributed by atoms with Gasteiger partial charge >= 0.3 is 0 Å². The minimum absolute atomic E-state index is 0.228. The van der Waals surface area contributed by atoms with Crippen LogP contribution in [0.2, 0.25) is 0 Å². The maximum absolute atomic E-state index is 12.9. The summed E-state index contributed by atoms with van der Waals surface area (Å²) in [6.45, 7) is 3.84. The molecular weight excluding hydrogens is 312 g/mol. The van der Waals surface area contributed by atoms with Gasteiger partial charge in [0.15, 0.2) is 0 Å². The summed E-state index contributed by atoms with van der Waals surface area (Å²) in [5.74, 6) is 1.98. The molecule has 136 valence electrons. The lowest BCUT2D eigenvalue weighted by molar-refractivity contribution is -0.136. The molecule has 3 aliphatic rings. The third-order valence-electron chi connectivity index (χ3n) is 6.42. The summed E-state index contributed by atoms with van der Waals surface area (Å²) in [6, 6.07) is 2.60. The summed E-state index contributed by atoms with van der Waals surface area (Å²) in [4.78, 5) is 26.4. The van der Waals surface area contributed by atoms with E-state index in [1.54, 1.807) is 0 Å². The van der Waals surface area contributed by atoms with E-state index in [-0.39, 0.29) is 5.92 Å². The van der Waals surface area contributed by atoms with Crippen LogP contribution in [0.15, 0.2) is 18.5 Å². The van der Waals surface area contributed by atoms with Crippen LogP contribution in [0.25, 0.3) is 0 Å². The molecule has 2 saturated heterocycles. The molecule has 0 N–H and O–H groups in total. The predicted octanol–water partition coefficient (Wildman–Crippen LogP) is 2.84. The van der Waals surface area contributed by atoms with Crippen LogP contribution in [0.5, 0.6) is 0 Å². The number of hydrogen-bond donors (Lipinski definition) is 0. The van der Waals surface area contributed by atoms with E-state index in [2.05, 4.69) is 19.8 Å². The maximum Gasteiger partial charge on any atom is 0.227 e. The Morgan fingerprint density at radius 3 is 2.36 bits per heavy atom. The Morgan fingerprint density at radius 1 is 0.920 bits per heavy atom. The van der Waals surface area contributed by atoms with E-state index in [0.717, 1.165) is 57.3 Å². The molecule has 1 atom stereocenters. The van der Waals surface area contributed by atoms with Gasteiger partial charge in [-0.2, -0.15) is 0 Å². The molecule has 1 unspecified atom stereocenters. The zero-order chi connectivity index (χ0) is 17.1. The normalized spacial score (nSPS) is 26.9. The average Bonchev–Trinajstić information content (AvgIpc) is 3.19. The zero-order valence-corrected chi connectivity index (χ0v) is 15.1. The van der Waals surface area contributed by atoms with Crippen LogP contribution in [0.1, 0.15) is 63.1 Å². The molecule has 25 heavy (non-hydrogen) atoms. The van der Waals surface area contributed by atoms with E-state index >= 15 is 0 Å². The smallest absolute Gasteiger partial charge is 0.227 e. The third-order valence-corrected chi connectivity index (χ3v) is 6.42. The average molecular weight is 342 g/mol. The van der Waals surface area contributed by atoms with Crippen LogP contribution in [0.3, 0.4) is 0 Å². The Labute approximate surface area is 150 Å². The first kappa shape index (κ1) is 17.0. The first-order chi connectivity index (χ1) is 12.3. The summed E-state index contributed by atoms with van der Waals surface area (Å²) >= 11 is 0. The predicted molar refractivity (Wildman–Crippen MR) is 97.1 cm³/mol. The largest absolute Gasteiger partial charge is 0.342 e. The molecule has 0 spiro atoms. The molecule has 4 rings (SSSR count). The molecule has 3 fully saturated rings. The van der Waals surface area contributed by atoms with Crippen LogP contribution < -0.4 is 0 Å². The highest BCUT2D eigenvalue weighted by molar-refractivity contribution is 5.79. The molecule has 1 saturated carbocycles. The standard InChI is InChI=1S/C20H30N4O/c25-20(17-9-14-24(15-17)18-5-2-1-3-6-18)23-12-7-16(8-13-23)19-21-10-4-11-22-19/h4,10-11,16-18H,1-3,5-9,12-15H2. The first-order valence-corrected chi connectivity index (χ1v) is 10.1. The van der Waals surface area contributed by atoms with Gasteiger partial charge in [0.2, 0.25) is 5.91 Å². The number of carbonyl (C=O) groups excluding carboxylic acids is 1.